The van der Waals surface area contributed by atoms with Crippen LogP contribution >= 0.6 is 0 Å². The molecule has 1 saturated carbocycles. The van der Waals surface area contributed by atoms with Crippen LogP contribution in [0.1, 0.15) is 19.8 Å². The maximum Gasteiger partial charge on any atom is 0.323 e. The monoisotopic (exact) mass is 247 g/mol. The smallest absolute Gasteiger partial charge is 0.323 e. The zero-order chi connectivity index (χ0) is 12.0. The van der Waals surface area contributed by atoms with Crippen molar-refractivity contribution < 1.29 is 17.9 Å². The third kappa shape index (κ3) is 2.22. The van der Waals surface area contributed by atoms with Gasteiger partial charge < -0.3 is 4.74 Å². The van der Waals surface area contributed by atoms with Crippen LogP contribution < -0.4 is 5.32 Å². The highest BCUT2D eigenvalue weighted by molar-refractivity contribution is 7.91. The number of ether oxygens (including phenoxy) is 1. The SMILES string of the molecule is COC(=O)C1CS(=O)(=O)CC(C2(C)CC2)N1. The van der Waals surface area contributed by atoms with Gasteiger partial charge >= 0.3 is 5.97 Å². The molecule has 5 nitrogen and oxygen atoms in total. The molecule has 0 spiro atoms. The summed E-state index contributed by atoms with van der Waals surface area (Å²) >= 11 is 0. The van der Waals surface area contributed by atoms with Crippen LogP contribution in [0.15, 0.2) is 0 Å². The summed E-state index contributed by atoms with van der Waals surface area (Å²) in [4.78, 5) is 11.4. The van der Waals surface area contributed by atoms with Gasteiger partial charge in [0.2, 0.25) is 0 Å². The summed E-state index contributed by atoms with van der Waals surface area (Å²) in [7, 11) is -1.87. The molecule has 2 atom stereocenters. The van der Waals surface area contributed by atoms with Crippen molar-refractivity contribution in [2.75, 3.05) is 18.6 Å². The predicted molar refractivity (Wildman–Crippen MR) is 58.7 cm³/mol. The van der Waals surface area contributed by atoms with Crippen LogP contribution in [0.4, 0.5) is 0 Å². The van der Waals surface area contributed by atoms with Crippen LogP contribution in [0.2, 0.25) is 0 Å². The molecule has 2 fully saturated rings. The summed E-state index contributed by atoms with van der Waals surface area (Å²) in [5.74, 6) is -0.499. The van der Waals surface area contributed by atoms with E-state index in [0.29, 0.717) is 0 Å². The Kier molecular flexibility index (Phi) is 2.74. The Hall–Kier alpha value is -0.620. The average molecular weight is 247 g/mol. The first kappa shape index (κ1) is 11.9. The van der Waals surface area contributed by atoms with E-state index in [2.05, 4.69) is 17.0 Å². The average Bonchev–Trinajstić information content (AvgIpc) is 2.94. The van der Waals surface area contributed by atoms with Crippen molar-refractivity contribution >= 4 is 15.8 Å². The molecular formula is C10H17NO4S. The zero-order valence-corrected chi connectivity index (χ0v) is 10.3. The highest BCUT2D eigenvalue weighted by atomic mass is 32.2. The Balaban J connectivity index is 2.16. The second kappa shape index (κ2) is 3.70. The lowest BCUT2D eigenvalue weighted by molar-refractivity contribution is -0.142. The van der Waals surface area contributed by atoms with E-state index < -0.39 is 21.8 Å². The van der Waals surface area contributed by atoms with E-state index in [1.54, 1.807) is 0 Å². The lowest BCUT2D eigenvalue weighted by atomic mass is 9.99. The van der Waals surface area contributed by atoms with Gasteiger partial charge in [-0.05, 0) is 18.3 Å². The van der Waals surface area contributed by atoms with Gasteiger partial charge in [0.15, 0.2) is 9.84 Å². The summed E-state index contributed by atoms with van der Waals surface area (Å²) in [5, 5.41) is 3.11. The summed E-state index contributed by atoms with van der Waals surface area (Å²) < 4.78 is 28.0. The Labute approximate surface area is 95.5 Å². The number of hydrogen-bond acceptors (Lipinski definition) is 5. The van der Waals surface area contributed by atoms with Crippen molar-refractivity contribution in [2.24, 2.45) is 5.41 Å². The molecule has 2 aliphatic rings. The van der Waals surface area contributed by atoms with Crippen LogP contribution in [-0.4, -0.2) is 45.1 Å². The van der Waals surface area contributed by atoms with Crippen molar-refractivity contribution in [3.8, 4) is 0 Å². The first-order valence-corrected chi connectivity index (χ1v) is 7.23. The fourth-order valence-corrected chi connectivity index (χ4v) is 4.02. The molecule has 0 bridgehead atoms. The largest absolute Gasteiger partial charge is 0.468 e. The summed E-state index contributed by atoms with van der Waals surface area (Å²) in [5.41, 5.74) is 0.0414. The first-order valence-electron chi connectivity index (χ1n) is 5.41. The van der Waals surface area contributed by atoms with Gasteiger partial charge in [0, 0.05) is 6.04 Å². The molecule has 2 unspecified atom stereocenters. The third-order valence-corrected chi connectivity index (χ3v) is 5.29. The molecule has 0 radical (unpaired) electrons. The van der Waals surface area contributed by atoms with E-state index in [1.165, 1.54) is 7.11 Å². The Morgan fingerprint density at radius 1 is 1.38 bits per heavy atom. The van der Waals surface area contributed by atoms with E-state index in [0.717, 1.165) is 12.8 Å². The van der Waals surface area contributed by atoms with E-state index in [1.807, 2.05) is 0 Å². The summed E-state index contributed by atoms with van der Waals surface area (Å²) in [6, 6.07) is -0.818. The standard InChI is InChI=1S/C10H17NO4S/c1-10(3-4-10)8-6-16(13,14)5-7(11-8)9(12)15-2/h7-8,11H,3-6H2,1-2H3. The van der Waals surface area contributed by atoms with Crippen molar-refractivity contribution in [3.63, 3.8) is 0 Å². The van der Waals surface area contributed by atoms with Crippen LogP contribution in [-0.2, 0) is 19.4 Å². The van der Waals surface area contributed by atoms with Crippen LogP contribution in [0.25, 0.3) is 0 Å². The predicted octanol–water partition coefficient (Wildman–Crippen LogP) is -0.285. The Morgan fingerprint density at radius 3 is 2.50 bits per heavy atom. The van der Waals surface area contributed by atoms with Gasteiger partial charge in [-0.25, -0.2) is 8.42 Å². The van der Waals surface area contributed by atoms with Crippen LogP contribution in [0.5, 0.6) is 0 Å². The summed E-state index contributed by atoms with van der Waals surface area (Å²) in [6.45, 7) is 2.06. The van der Waals surface area contributed by atoms with Gasteiger partial charge in [0.25, 0.3) is 0 Å². The Morgan fingerprint density at radius 2 is 2.00 bits per heavy atom. The van der Waals surface area contributed by atoms with Gasteiger partial charge in [0.05, 0.1) is 18.6 Å². The maximum absolute atomic E-state index is 11.7. The molecule has 1 N–H and O–H groups in total. The molecule has 92 valence electrons. The molecule has 0 aromatic carbocycles. The molecule has 16 heavy (non-hydrogen) atoms. The van der Waals surface area contributed by atoms with Gasteiger partial charge in [-0.1, -0.05) is 6.92 Å². The zero-order valence-electron chi connectivity index (χ0n) is 9.52. The van der Waals surface area contributed by atoms with E-state index in [4.69, 9.17) is 0 Å². The topological polar surface area (TPSA) is 72.5 Å². The normalized spacial score (nSPS) is 35.4. The van der Waals surface area contributed by atoms with Gasteiger partial charge in [-0.15, -0.1) is 0 Å². The number of hydrogen-bond donors (Lipinski definition) is 1. The molecular weight excluding hydrogens is 230 g/mol. The van der Waals surface area contributed by atoms with E-state index in [9.17, 15) is 13.2 Å². The van der Waals surface area contributed by atoms with Gasteiger partial charge in [-0.3, -0.25) is 10.1 Å². The molecule has 2 rings (SSSR count). The molecule has 1 heterocycles. The molecule has 0 aromatic rings. The third-order valence-electron chi connectivity index (χ3n) is 3.61. The van der Waals surface area contributed by atoms with Crippen molar-refractivity contribution in [3.05, 3.63) is 0 Å². The number of carbonyl (C=O) groups excluding carboxylic acids is 1. The summed E-state index contributed by atoms with van der Waals surface area (Å²) in [6.07, 6.45) is 2.04. The number of rotatable bonds is 2. The van der Waals surface area contributed by atoms with E-state index in [-0.39, 0.29) is 23.0 Å². The van der Waals surface area contributed by atoms with E-state index >= 15 is 0 Å². The van der Waals surface area contributed by atoms with Gasteiger partial charge in [-0.2, -0.15) is 0 Å². The molecule has 6 heteroatoms. The fourth-order valence-electron chi connectivity index (χ4n) is 2.14. The second-order valence-electron chi connectivity index (χ2n) is 5.03. The maximum atomic E-state index is 11.7. The molecule has 1 aliphatic carbocycles. The first-order chi connectivity index (χ1) is 7.36. The van der Waals surface area contributed by atoms with Crippen molar-refractivity contribution in [1.29, 1.82) is 0 Å². The molecule has 1 saturated heterocycles. The second-order valence-corrected chi connectivity index (χ2v) is 7.18. The van der Waals surface area contributed by atoms with Gasteiger partial charge in [0.1, 0.15) is 6.04 Å². The van der Waals surface area contributed by atoms with Crippen LogP contribution in [0, 0.1) is 5.41 Å². The minimum Gasteiger partial charge on any atom is -0.468 e. The minimum atomic E-state index is -3.14. The number of methoxy groups -OCH3 is 1. The lowest BCUT2D eigenvalue weighted by Crippen LogP contribution is -2.58. The molecule has 1 aliphatic heterocycles. The number of esters is 1. The van der Waals surface area contributed by atoms with Crippen molar-refractivity contribution in [1.82, 2.24) is 5.32 Å². The number of nitrogens with one attached hydrogen (secondary N) is 1. The van der Waals surface area contributed by atoms with Crippen LogP contribution in [0.3, 0.4) is 0 Å². The number of carbonyl (C=O) groups is 1. The quantitative estimate of drug-likeness (QED) is 0.679. The fraction of sp³-hybridized carbons (Fsp3) is 0.900. The molecule has 0 aromatic heterocycles. The highest BCUT2D eigenvalue weighted by Crippen LogP contribution is 2.49. The number of sulfone groups is 1. The minimum absolute atomic E-state index is 0.0414. The highest BCUT2D eigenvalue weighted by Gasteiger charge is 2.50. The molecule has 0 amide bonds. The lowest BCUT2D eigenvalue weighted by Gasteiger charge is -2.33. The Bertz CT molecular complexity index is 399. The van der Waals surface area contributed by atoms with Crippen molar-refractivity contribution in [2.45, 2.75) is 31.8 Å².